The molecule has 8 heteroatoms. The molecule has 1 fully saturated rings. The minimum absolute atomic E-state index is 0.114. The molecule has 0 saturated carbocycles. The lowest BCUT2D eigenvalue weighted by molar-refractivity contribution is -0.123. The predicted octanol–water partition coefficient (Wildman–Crippen LogP) is 1.88. The number of guanidine groups is 1. The maximum atomic E-state index is 12.5. The smallest absolute Gasteiger partial charge is 0.254 e. The van der Waals surface area contributed by atoms with Crippen LogP contribution >= 0.6 is 11.3 Å². The summed E-state index contributed by atoms with van der Waals surface area (Å²) < 4.78 is 0. The van der Waals surface area contributed by atoms with Crippen molar-refractivity contribution in [2.24, 2.45) is 4.99 Å². The normalized spacial score (nSPS) is 14.5. The topological polar surface area (TPSA) is 85.8 Å². The van der Waals surface area contributed by atoms with Gasteiger partial charge in [0.15, 0.2) is 5.96 Å². The number of hydrogen-bond acceptors (Lipinski definition) is 4. The van der Waals surface area contributed by atoms with E-state index in [9.17, 15) is 9.59 Å². The lowest BCUT2D eigenvalue weighted by Gasteiger charge is -2.26. The lowest BCUT2D eigenvalue weighted by atomic mass is 10.1. The van der Waals surface area contributed by atoms with Gasteiger partial charge in [-0.25, -0.2) is 4.99 Å². The van der Waals surface area contributed by atoms with Crippen molar-refractivity contribution in [1.29, 1.82) is 0 Å². The molecule has 0 unspecified atom stereocenters. The van der Waals surface area contributed by atoms with E-state index in [1.165, 1.54) is 9.75 Å². The second-order valence-corrected chi connectivity index (χ2v) is 8.21. The van der Waals surface area contributed by atoms with Gasteiger partial charge in [-0.2, -0.15) is 0 Å². The Kier molecular flexibility index (Phi) is 7.24. The molecule has 7 nitrogen and oxygen atoms in total. The van der Waals surface area contributed by atoms with Crippen LogP contribution in [-0.4, -0.2) is 48.9 Å². The average molecular weight is 414 g/mol. The molecule has 3 rings (SSSR count). The van der Waals surface area contributed by atoms with Crippen molar-refractivity contribution in [3.63, 3.8) is 0 Å². The van der Waals surface area contributed by atoms with Crippen molar-refractivity contribution < 1.29 is 9.59 Å². The SMILES string of the molecule is CCNC(=NCc1ccc(C(=O)N2CCNC(=O)C2)cc1)NCc1ccc(C)s1. The van der Waals surface area contributed by atoms with Crippen LogP contribution in [-0.2, 0) is 17.9 Å². The molecular weight excluding hydrogens is 386 g/mol. The molecule has 154 valence electrons. The molecule has 1 aliphatic heterocycles. The molecule has 3 N–H and O–H groups in total. The Morgan fingerprint density at radius 3 is 2.66 bits per heavy atom. The van der Waals surface area contributed by atoms with Gasteiger partial charge in [-0.15, -0.1) is 11.3 Å². The first-order chi connectivity index (χ1) is 14.0. The van der Waals surface area contributed by atoms with Crippen LogP contribution < -0.4 is 16.0 Å². The number of nitrogens with one attached hydrogen (secondary N) is 3. The Morgan fingerprint density at radius 1 is 1.21 bits per heavy atom. The predicted molar refractivity (Wildman–Crippen MR) is 116 cm³/mol. The first-order valence-electron chi connectivity index (χ1n) is 9.77. The summed E-state index contributed by atoms with van der Waals surface area (Å²) in [5.74, 6) is 0.533. The van der Waals surface area contributed by atoms with Crippen molar-refractivity contribution in [1.82, 2.24) is 20.9 Å². The van der Waals surface area contributed by atoms with E-state index >= 15 is 0 Å². The van der Waals surface area contributed by atoms with Crippen LogP contribution in [0.25, 0.3) is 0 Å². The maximum absolute atomic E-state index is 12.5. The highest BCUT2D eigenvalue weighted by Gasteiger charge is 2.22. The molecule has 29 heavy (non-hydrogen) atoms. The highest BCUT2D eigenvalue weighted by molar-refractivity contribution is 7.11. The number of rotatable bonds is 6. The third-order valence-electron chi connectivity index (χ3n) is 4.52. The number of aryl methyl sites for hydroxylation is 1. The fourth-order valence-electron chi connectivity index (χ4n) is 3.01. The molecule has 0 bridgehead atoms. The third kappa shape index (κ3) is 6.05. The van der Waals surface area contributed by atoms with Crippen LogP contribution in [0.1, 0.15) is 32.6 Å². The summed E-state index contributed by atoms with van der Waals surface area (Å²) in [5.41, 5.74) is 1.60. The van der Waals surface area contributed by atoms with Gasteiger partial charge in [-0.1, -0.05) is 12.1 Å². The van der Waals surface area contributed by atoms with Crippen LogP contribution in [0, 0.1) is 6.92 Å². The van der Waals surface area contributed by atoms with Gasteiger partial charge in [0.25, 0.3) is 5.91 Å². The molecular formula is C21H27N5O2S. The van der Waals surface area contributed by atoms with Crippen molar-refractivity contribution in [3.8, 4) is 0 Å². The largest absolute Gasteiger partial charge is 0.357 e. The van der Waals surface area contributed by atoms with E-state index < -0.39 is 0 Å². The first-order valence-corrected chi connectivity index (χ1v) is 10.6. The molecule has 1 aliphatic rings. The number of piperazine rings is 1. The van der Waals surface area contributed by atoms with E-state index in [-0.39, 0.29) is 18.4 Å². The van der Waals surface area contributed by atoms with Crippen LogP contribution in [0.4, 0.5) is 0 Å². The van der Waals surface area contributed by atoms with Crippen LogP contribution in [0.5, 0.6) is 0 Å². The van der Waals surface area contributed by atoms with Gasteiger partial charge in [-0.05, 0) is 43.7 Å². The minimum Gasteiger partial charge on any atom is -0.357 e. The maximum Gasteiger partial charge on any atom is 0.254 e. The molecule has 2 aromatic rings. The Morgan fingerprint density at radius 2 is 2.00 bits per heavy atom. The van der Waals surface area contributed by atoms with Crippen LogP contribution in [0.2, 0.25) is 0 Å². The fraction of sp³-hybridized carbons (Fsp3) is 0.381. The highest BCUT2D eigenvalue weighted by atomic mass is 32.1. The summed E-state index contributed by atoms with van der Waals surface area (Å²) >= 11 is 1.77. The molecule has 0 radical (unpaired) electrons. The van der Waals surface area contributed by atoms with E-state index in [0.29, 0.717) is 25.2 Å². The van der Waals surface area contributed by atoms with Gasteiger partial charge in [0.05, 0.1) is 19.6 Å². The number of aliphatic imine (C=N–C) groups is 1. The van der Waals surface area contributed by atoms with E-state index in [4.69, 9.17) is 0 Å². The summed E-state index contributed by atoms with van der Waals surface area (Å²) in [5, 5.41) is 9.33. The van der Waals surface area contributed by atoms with E-state index in [0.717, 1.165) is 24.6 Å². The zero-order valence-corrected chi connectivity index (χ0v) is 17.6. The zero-order valence-electron chi connectivity index (χ0n) is 16.8. The monoisotopic (exact) mass is 413 g/mol. The van der Waals surface area contributed by atoms with Gasteiger partial charge in [0, 0.05) is 35.0 Å². The number of carbonyl (C=O) groups excluding carboxylic acids is 2. The van der Waals surface area contributed by atoms with E-state index in [1.807, 2.05) is 19.1 Å². The molecule has 1 aromatic heterocycles. The summed E-state index contributed by atoms with van der Waals surface area (Å²) in [6.07, 6.45) is 0. The van der Waals surface area contributed by atoms with Gasteiger partial charge in [0.2, 0.25) is 5.91 Å². The average Bonchev–Trinajstić information content (AvgIpc) is 3.15. The fourth-order valence-corrected chi connectivity index (χ4v) is 3.84. The Labute approximate surface area is 175 Å². The number of hydrogen-bond donors (Lipinski definition) is 3. The molecule has 2 amide bonds. The second-order valence-electron chi connectivity index (χ2n) is 6.83. The van der Waals surface area contributed by atoms with Crippen molar-refractivity contribution in [2.75, 3.05) is 26.2 Å². The quantitative estimate of drug-likeness (QED) is 0.499. The molecule has 2 heterocycles. The van der Waals surface area contributed by atoms with E-state index in [2.05, 4.69) is 40.0 Å². The van der Waals surface area contributed by atoms with Gasteiger partial charge in [0.1, 0.15) is 0 Å². The number of carbonyl (C=O) groups is 2. The Balaban J connectivity index is 1.57. The second kappa shape index (κ2) is 10.1. The number of benzene rings is 1. The zero-order chi connectivity index (χ0) is 20.6. The minimum atomic E-state index is -0.115. The lowest BCUT2D eigenvalue weighted by Crippen LogP contribution is -2.49. The number of nitrogens with zero attached hydrogens (tertiary/aromatic N) is 2. The summed E-state index contributed by atoms with van der Waals surface area (Å²) in [7, 11) is 0. The highest BCUT2D eigenvalue weighted by Crippen LogP contribution is 2.14. The van der Waals surface area contributed by atoms with Crippen LogP contribution in [0.3, 0.4) is 0 Å². The summed E-state index contributed by atoms with van der Waals surface area (Å²) in [6.45, 7) is 7.33. The molecule has 1 saturated heterocycles. The summed E-state index contributed by atoms with van der Waals surface area (Å²) in [6, 6.07) is 11.7. The first kappa shape index (κ1) is 20.9. The Hall–Kier alpha value is -2.87. The molecule has 0 aliphatic carbocycles. The van der Waals surface area contributed by atoms with Gasteiger partial charge < -0.3 is 20.9 Å². The Bertz CT molecular complexity index is 875. The van der Waals surface area contributed by atoms with Crippen molar-refractivity contribution in [2.45, 2.75) is 26.9 Å². The third-order valence-corrected chi connectivity index (χ3v) is 5.52. The number of amides is 2. The van der Waals surface area contributed by atoms with Crippen molar-refractivity contribution >= 4 is 29.1 Å². The van der Waals surface area contributed by atoms with Gasteiger partial charge >= 0.3 is 0 Å². The van der Waals surface area contributed by atoms with Crippen LogP contribution in [0.15, 0.2) is 41.4 Å². The summed E-state index contributed by atoms with van der Waals surface area (Å²) in [4.78, 5) is 32.8. The van der Waals surface area contributed by atoms with E-state index in [1.54, 1.807) is 28.4 Å². The van der Waals surface area contributed by atoms with Gasteiger partial charge in [-0.3, -0.25) is 9.59 Å². The number of thiophene rings is 1. The molecule has 0 spiro atoms. The molecule has 1 aromatic carbocycles. The molecule has 0 atom stereocenters. The van der Waals surface area contributed by atoms with Crippen molar-refractivity contribution in [3.05, 3.63) is 57.3 Å². The standard InChI is InChI=1S/C21H27N5O2S/c1-3-22-21(25-13-18-9-4-15(2)29-18)24-12-16-5-7-17(8-6-16)20(28)26-11-10-23-19(27)14-26/h4-9H,3,10-14H2,1-2H3,(H,23,27)(H2,22,24,25).